The number of Topliss-reactive ketones (excluding diaryl/α,β-unsaturated/α-hetero) is 1. The van der Waals surface area contributed by atoms with Crippen LogP contribution in [0.3, 0.4) is 0 Å². The third-order valence-electron chi connectivity index (χ3n) is 5.87. The van der Waals surface area contributed by atoms with Gasteiger partial charge in [-0.05, 0) is 67.5 Å². The monoisotopic (exact) mass is 437 g/mol. The summed E-state index contributed by atoms with van der Waals surface area (Å²) in [5.41, 5.74) is 4.03. The molecule has 1 atom stereocenters. The third kappa shape index (κ3) is 5.28. The van der Waals surface area contributed by atoms with Gasteiger partial charge >= 0.3 is 5.97 Å². The standard InChI is InChI=1S/C25H27NO6/c1-16(18-8-10-22-23(13-18)32-15-31-22)26-24(28)14-30-25(29)11-9-21(27)20-7-6-17-4-2-3-5-19(17)12-20/h6-8,10,12-13,16H,2-5,9,11,14-15H2,1H3,(H,26,28)/t16-/m0/s1. The normalized spacial score (nSPS) is 14.9. The zero-order valence-corrected chi connectivity index (χ0v) is 18.1. The summed E-state index contributed by atoms with van der Waals surface area (Å²) in [7, 11) is 0. The van der Waals surface area contributed by atoms with Crippen LogP contribution in [0.5, 0.6) is 11.5 Å². The van der Waals surface area contributed by atoms with Crippen molar-refractivity contribution in [1.29, 1.82) is 0 Å². The van der Waals surface area contributed by atoms with Gasteiger partial charge in [-0.2, -0.15) is 0 Å². The fourth-order valence-corrected chi connectivity index (χ4v) is 4.03. The first-order valence-electron chi connectivity index (χ1n) is 11.0. The van der Waals surface area contributed by atoms with Crippen LogP contribution in [0.2, 0.25) is 0 Å². The number of benzene rings is 2. The summed E-state index contributed by atoms with van der Waals surface area (Å²) < 4.78 is 15.7. The number of esters is 1. The predicted molar refractivity (Wildman–Crippen MR) is 117 cm³/mol. The Labute approximate surface area is 187 Å². The second-order valence-corrected chi connectivity index (χ2v) is 8.18. The summed E-state index contributed by atoms with van der Waals surface area (Å²) in [5, 5.41) is 2.78. The van der Waals surface area contributed by atoms with Crippen molar-refractivity contribution in [2.75, 3.05) is 13.4 Å². The molecule has 2 aliphatic rings. The Morgan fingerprint density at radius 1 is 0.969 bits per heavy atom. The molecule has 0 unspecified atom stereocenters. The highest BCUT2D eigenvalue weighted by molar-refractivity contribution is 5.97. The lowest BCUT2D eigenvalue weighted by molar-refractivity contribution is -0.148. The first-order valence-corrected chi connectivity index (χ1v) is 11.0. The summed E-state index contributed by atoms with van der Waals surface area (Å²) >= 11 is 0. The van der Waals surface area contributed by atoms with Crippen molar-refractivity contribution in [3.05, 3.63) is 58.7 Å². The lowest BCUT2D eigenvalue weighted by atomic mass is 9.89. The maximum absolute atomic E-state index is 12.4. The molecular weight excluding hydrogens is 410 g/mol. The van der Waals surface area contributed by atoms with E-state index in [0.717, 1.165) is 24.8 Å². The minimum atomic E-state index is -0.567. The number of hydrogen-bond donors (Lipinski definition) is 1. The van der Waals surface area contributed by atoms with Gasteiger partial charge in [0.15, 0.2) is 23.9 Å². The zero-order valence-electron chi connectivity index (χ0n) is 18.1. The topological polar surface area (TPSA) is 90.9 Å². The van der Waals surface area contributed by atoms with Crippen LogP contribution in [0.15, 0.2) is 36.4 Å². The van der Waals surface area contributed by atoms with Gasteiger partial charge in [0.1, 0.15) is 0 Å². The van der Waals surface area contributed by atoms with E-state index in [1.165, 1.54) is 17.5 Å². The molecule has 1 amide bonds. The average Bonchev–Trinajstić information content (AvgIpc) is 3.28. The number of rotatable bonds is 8. The number of ketones is 1. The number of carbonyl (C=O) groups is 3. The van der Waals surface area contributed by atoms with E-state index in [-0.39, 0.29) is 38.1 Å². The highest BCUT2D eigenvalue weighted by atomic mass is 16.7. The van der Waals surface area contributed by atoms with Gasteiger partial charge in [-0.1, -0.05) is 18.2 Å². The average molecular weight is 437 g/mol. The summed E-state index contributed by atoms with van der Waals surface area (Å²) in [6.45, 7) is 1.62. The second-order valence-electron chi connectivity index (χ2n) is 8.18. The fraction of sp³-hybridized carbons (Fsp3) is 0.400. The van der Waals surface area contributed by atoms with E-state index in [4.69, 9.17) is 14.2 Å². The fourth-order valence-electron chi connectivity index (χ4n) is 4.03. The highest BCUT2D eigenvalue weighted by Gasteiger charge is 2.18. The van der Waals surface area contributed by atoms with Crippen LogP contribution >= 0.6 is 0 Å². The van der Waals surface area contributed by atoms with Crippen LogP contribution in [0.4, 0.5) is 0 Å². The Kier molecular flexibility index (Phi) is 6.73. The predicted octanol–water partition coefficient (Wildman–Crippen LogP) is 3.68. The molecule has 0 fully saturated rings. The number of ether oxygens (including phenoxy) is 3. The van der Waals surface area contributed by atoms with E-state index in [1.54, 1.807) is 6.07 Å². The van der Waals surface area contributed by atoms with Gasteiger partial charge in [0, 0.05) is 12.0 Å². The Bertz CT molecular complexity index is 1030. The van der Waals surface area contributed by atoms with E-state index in [0.29, 0.717) is 17.1 Å². The van der Waals surface area contributed by atoms with Crippen LogP contribution in [0, 0.1) is 0 Å². The maximum atomic E-state index is 12.4. The molecule has 7 nitrogen and oxygen atoms in total. The molecule has 32 heavy (non-hydrogen) atoms. The van der Waals surface area contributed by atoms with Gasteiger partial charge in [-0.25, -0.2) is 0 Å². The quantitative estimate of drug-likeness (QED) is 0.501. The summed E-state index contributed by atoms with van der Waals surface area (Å²) in [5.74, 6) is 0.243. The molecule has 0 radical (unpaired) electrons. The first-order chi connectivity index (χ1) is 15.5. The largest absolute Gasteiger partial charge is 0.456 e. The number of fused-ring (bicyclic) bond motifs is 2. The van der Waals surface area contributed by atoms with Crippen LogP contribution < -0.4 is 14.8 Å². The summed E-state index contributed by atoms with van der Waals surface area (Å²) in [6.07, 6.45) is 4.40. The number of carbonyl (C=O) groups excluding carboxylic acids is 3. The van der Waals surface area contributed by atoms with Gasteiger partial charge in [0.25, 0.3) is 5.91 Å². The second kappa shape index (κ2) is 9.85. The lowest BCUT2D eigenvalue weighted by Gasteiger charge is -2.16. The molecule has 168 valence electrons. The Hall–Kier alpha value is -3.35. The molecule has 1 N–H and O–H groups in total. The van der Waals surface area contributed by atoms with Crippen molar-refractivity contribution in [2.24, 2.45) is 0 Å². The lowest BCUT2D eigenvalue weighted by Crippen LogP contribution is -2.31. The van der Waals surface area contributed by atoms with Crippen molar-refractivity contribution < 1.29 is 28.6 Å². The van der Waals surface area contributed by atoms with E-state index < -0.39 is 11.9 Å². The highest BCUT2D eigenvalue weighted by Crippen LogP contribution is 2.34. The molecule has 0 saturated carbocycles. The summed E-state index contributed by atoms with van der Waals surface area (Å²) in [4.78, 5) is 36.6. The van der Waals surface area contributed by atoms with Crippen molar-refractivity contribution in [3.63, 3.8) is 0 Å². The van der Waals surface area contributed by atoms with Gasteiger partial charge in [-0.15, -0.1) is 0 Å². The minimum Gasteiger partial charge on any atom is -0.456 e. The number of hydrogen-bond acceptors (Lipinski definition) is 6. The van der Waals surface area contributed by atoms with Crippen molar-refractivity contribution in [1.82, 2.24) is 5.32 Å². The van der Waals surface area contributed by atoms with Gasteiger partial charge in [0.05, 0.1) is 12.5 Å². The van der Waals surface area contributed by atoms with Gasteiger partial charge in [0.2, 0.25) is 6.79 Å². The Morgan fingerprint density at radius 2 is 1.75 bits per heavy atom. The smallest absolute Gasteiger partial charge is 0.306 e. The number of aryl methyl sites for hydroxylation is 2. The SMILES string of the molecule is C[C@H](NC(=O)COC(=O)CCC(=O)c1ccc2c(c1)CCCC2)c1ccc2c(c1)OCO2. The number of nitrogens with one attached hydrogen (secondary N) is 1. The van der Waals surface area contributed by atoms with E-state index in [9.17, 15) is 14.4 Å². The zero-order chi connectivity index (χ0) is 22.5. The van der Waals surface area contributed by atoms with Crippen LogP contribution in [0.25, 0.3) is 0 Å². The molecule has 1 heterocycles. The Balaban J connectivity index is 1.20. The molecule has 0 saturated heterocycles. The molecule has 2 aromatic carbocycles. The molecule has 1 aliphatic heterocycles. The van der Waals surface area contributed by atoms with Crippen LogP contribution in [-0.4, -0.2) is 31.1 Å². The van der Waals surface area contributed by atoms with E-state index in [1.807, 2.05) is 37.3 Å². The van der Waals surface area contributed by atoms with Crippen LogP contribution in [0.1, 0.15) is 65.7 Å². The number of amides is 1. The molecule has 7 heteroatoms. The Morgan fingerprint density at radius 3 is 2.59 bits per heavy atom. The van der Waals surface area contributed by atoms with Crippen molar-refractivity contribution in [2.45, 2.75) is 51.5 Å². The van der Waals surface area contributed by atoms with E-state index in [2.05, 4.69) is 5.32 Å². The molecule has 1 aliphatic carbocycles. The van der Waals surface area contributed by atoms with Gasteiger partial charge in [-0.3, -0.25) is 14.4 Å². The molecule has 0 bridgehead atoms. The third-order valence-corrected chi connectivity index (χ3v) is 5.87. The van der Waals surface area contributed by atoms with E-state index >= 15 is 0 Å². The van der Waals surface area contributed by atoms with Crippen molar-refractivity contribution >= 4 is 17.7 Å². The van der Waals surface area contributed by atoms with Gasteiger partial charge < -0.3 is 19.5 Å². The maximum Gasteiger partial charge on any atom is 0.306 e. The minimum absolute atomic E-state index is 0.0547. The molecule has 2 aromatic rings. The first kappa shape index (κ1) is 21.9. The van der Waals surface area contributed by atoms with Crippen molar-refractivity contribution in [3.8, 4) is 11.5 Å². The molecule has 0 spiro atoms. The van der Waals surface area contributed by atoms with Crippen LogP contribution in [-0.2, 0) is 27.2 Å². The molecule has 0 aromatic heterocycles. The molecular formula is C25H27NO6. The molecule has 4 rings (SSSR count). The summed E-state index contributed by atoms with van der Waals surface area (Å²) in [6, 6.07) is 11.0.